The van der Waals surface area contributed by atoms with Gasteiger partial charge in [0.1, 0.15) is 11.6 Å². The largest absolute Gasteiger partial charge is 0.495 e. The highest BCUT2D eigenvalue weighted by molar-refractivity contribution is 14.1. The normalized spacial score (nSPS) is 11.6. The zero-order valence-corrected chi connectivity index (χ0v) is 23.8. The van der Waals surface area contributed by atoms with E-state index in [1.54, 1.807) is 11.7 Å². The topological polar surface area (TPSA) is 49.0 Å². The molecule has 5 nitrogen and oxygen atoms in total. The molecule has 0 aliphatic carbocycles. The fourth-order valence-electron chi connectivity index (χ4n) is 5.13. The van der Waals surface area contributed by atoms with Gasteiger partial charge in [0, 0.05) is 32.3 Å². The summed E-state index contributed by atoms with van der Waals surface area (Å²) in [6.07, 6.45) is 4.01. The molecule has 0 spiro atoms. The first-order valence-electron chi connectivity index (χ1n) is 12.7. The van der Waals surface area contributed by atoms with Crippen molar-refractivity contribution in [3.63, 3.8) is 0 Å². The van der Waals surface area contributed by atoms with Crippen molar-refractivity contribution >= 4 is 56.5 Å². The van der Waals surface area contributed by atoms with E-state index < -0.39 is 0 Å². The molecule has 0 radical (unpaired) electrons. The molecule has 192 valence electrons. The first kappa shape index (κ1) is 25.1. The lowest BCUT2D eigenvalue weighted by atomic mass is 10.1. The van der Waals surface area contributed by atoms with Crippen molar-refractivity contribution in [2.24, 2.45) is 0 Å². The van der Waals surface area contributed by atoms with Crippen LogP contribution in [0, 0.1) is 10.5 Å². The Morgan fingerprint density at radius 2 is 1.62 bits per heavy atom. The summed E-state index contributed by atoms with van der Waals surface area (Å²) in [5, 5.41) is 1.73. The molecule has 0 bridgehead atoms. The fraction of sp³-hybridized carbons (Fsp3) is 0.0909. The highest BCUT2D eigenvalue weighted by Crippen LogP contribution is 2.29. The smallest absolute Gasteiger partial charge is 0.266 e. The lowest BCUT2D eigenvalue weighted by molar-refractivity contribution is 0.412. The summed E-state index contributed by atoms with van der Waals surface area (Å²) in [4.78, 5) is 18.8. The Labute approximate surface area is 240 Å². The number of para-hydroxylation sites is 3. The van der Waals surface area contributed by atoms with E-state index in [2.05, 4.69) is 88.7 Å². The Bertz CT molecular complexity index is 1920. The summed E-state index contributed by atoms with van der Waals surface area (Å²) >= 11 is 2.22. The molecule has 6 aromatic rings. The molecule has 0 unspecified atom stereocenters. The summed E-state index contributed by atoms with van der Waals surface area (Å²) in [7, 11) is 1.61. The van der Waals surface area contributed by atoms with Gasteiger partial charge in [-0.2, -0.15) is 0 Å². The molecule has 0 aliphatic heterocycles. The molecule has 0 saturated carbocycles. The molecule has 0 N–H and O–H groups in total. The number of rotatable bonds is 6. The summed E-state index contributed by atoms with van der Waals surface area (Å²) in [6, 6.07) is 32.2. The number of hydrogen-bond donors (Lipinski definition) is 0. The predicted molar refractivity (Wildman–Crippen MR) is 168 cm³/mol. The molecule has 0 saturated heterocycles. The van der Waals surface area contributed by atoms with Gasteiger partial charge in [0.25, 0.3) is 5.56 Å². The van der Waals surface area contributed by atoms with Crippen molar-refractivity contribution in [3.8, 4) is 11.4 Å². The van der Waals surface area contributed by atoms with Gasteiger partial charge in [0.15, 0.2) is 0 Å². The van der Waals surface area contributed by atoms with Crippen molar-refractivity contribution in [3.05, 3.63) is 134 Å². The molecular formula is C33H26IN3O2. The molecule has 0 fully saturated rings. The number of hydrogen-bond acceptors (Lipinski definition) is 3. The molecule has 4 aromatic carbocycles. The van der Waals surface area contributed by atoms with E-state index in [4.69, 9.17) is 9.72 Å². The van der Waals surface area contributed by atoms with E-state index in [1.165, 1.54) is 11.1 Å². The third-order valence-corrected chi connectivity index (χ3v) is 7.72. The quantitative estimate of drug-likeness (QED) is 0.181. The molecular weight excluding hydrogens is 597 g/mol. The summed E-state index contributed by atoms with van der Waals surface area (Å²) in [6.45, 7) is 2.92. The van der Waals surface area contributed by atoms with Gasteiger partial charge >= 0.3 is 0 Å². The molecule has 0 atom stereocenters. The lowest BCUT2D eigenvalue weighted by Gasteiger charge is -2.14. The second-order valence-corrected chi connectivity index (χ2v) is 10.6. The van der Waals surface area contributed by atoms with Crippen molar-refractivity contribution in [2.45, 2.75) is 13.5 Å². The maximum Gasteiger partial charge on any atom is 0.266 e. The monoisotopic (exact) mass is 623 g/mol. The zero-order valence-electron chi connectivity index (χ0n) is 21.6. The predicted octanol–water partition coefficient (Wildman–Crippen LogP) is 7.48. The molecule has 2 heterocycles. The summed E-state index contributed by atoms with van der Waals surface area (Å²) in [5.74, 6) is 1.15. The van der Waals surface area contributed by atoms with Crippen LogP contribution in [0.4, 0.5) is 0 Å². The Balaban J connectivity index is 1.55. The SMILES string of the molecule is COc1ccccc1-n1c(/C=C/c2c(C)n(Cc3ccccc3)c3ccccc23)nc2ccc(I)cc2c1=O. The first-order chi connectivity index (χ1) is 19.0. The highest BCUT2D eigenvalue weighted by Gasteiger charge is 2.16. The third kappa shape index (κ3) is 4.65. The maximum absolute atomic E-state index is 13.9. The van der Waals surface area contributed by atoms with Gasteiger partial charge in [-0.05, 0) is 83.6 Å². The van der Waals surface area contributed by atoms with Gasteiger partial charge in [0.05, 0.1) is 23.7 Å². The second kappa shape index (κ2) is 10.5. The standard InChI is InChI=1S/C33H26IN3O2/c1-22-25(26-12-6-7-13-29(26)36(22)21-23-10-4-3-5-11-23)17-19-32-35-28-18-16-24(34)20-27(28)33(38)37(32)30-14-8-9-15-31(30)39-2/h3-20H,21H2,1-2H3/b19-17+. The minimum Gasteiger partial charge on any atom is -0.495 e. The molecule has 6 rings (SSSR count). The Morgan fingerprint density at radius 3 is 2.44 bits per heavy atom. The highest BCUT2D eigenvalue weighted by atomic mass is 127. The number of halogens is 1. The van der Waals surface area contributed by atoms with Gasteiger partial charge in [-0.25, -0.2) is 4.98 Å². The van der Waals surface area contributed by atoms with Crippen molar-refractivity contribution in [2.75, 3.05) is 7.11 Å². The number of fused-ring (bicyclic) bond motifs is 2. The Hall–Kier alpha value is -4.17. The van der Waals surface area contributed by atoms with E-state index in [-0.39, 0.29) is 5.56 Å². The van der Waals surface area contributed by atoms with E-state index in [0.717, 1.165) is 26.8 Å². The van der Waals surface area contributed by atoms with Gasteiger partial charge in [-0.1, -0.05) is 60.7 Å². The van der Waals surface area contributed by atoms with Crippen LogP contribution in [0.3, 0.4) is 0 Å². The number of ether oxygens (including phenoxy) is 1. The zero-order chi connectivity index (χ0) is 26.9. The lowest BCUT2D eigenvalue weighted by Crippen LogP contribution is -2.23. The summed E-state index contributed by atoms with van der Waals surface area (Å²) < 4.78 is 10.6. The van der Waals surface area contributed by atoms with Crippen molar-refractivity contribution < 1.29 is 4.74 Å². The van der Waals surface area contributed by atoms with E-state index in [0.29, 0.717) is 28.2 Å². The van der Waals surface area contributed by atoms with Crippen LogP contribution in [-0.4, -0.2) is 21.2 Å². The minimum atomic E-state index is -0.133. The van der Waals surface area contributed by atoms with Crippen LogP contribution in [0.2, 0.25) is 0 Å². The second-order valence-electron chi connectivity index (χ2n) is 9.37. The average Bonchev–Trinajstić information content (AvgIpc) is 3.23. The number of aromatic nitrogens is 3. The average molecular weight is 623 g/mol. The number of methoxy groups -OCH3 is 1. The summed E-state index contributed by atoms with van der Waals surface area (Å²) in [5.41, 5.74) is 5.85. The van der Waals surface area contributed by atoms with Crippen LogP contribution in [0.1, 0.15) is 22.6 Å². The molecule has 0 amide bonds. The van der Waals surface area contributed by atoms with Gasteiger partial charge < -0.3 is 9.30 Å². The number of benzene rings is 4. The maximum atomic E-state index is 13.9. The Morgan fingerprint density at radius 1 is 0.872 bits per heavy atom. The number of nitrogens with zero attached hydrogens (tertiary/aromatic N) is 3. The molecule has 0 aliphatic rings. The van der Waals surface area contributed by atoms with Crippen LogP contribution < -0.4 is 10.3 Å². The van der Waals surface area contributed by atoms with Gasteiger partial charge in [-0.3, -0.25) is 9.36 Å². The van der Waals surface area contributed by atoms with E-state index >= 15 is 0 Å². The van der Waals surface area contributed by atoms with Crippen molar-refractivity contribution in [1.29, 1.82) is 0 Å². The Kier molecular flexibility index (Phi) is 6.79. The third-order valence-electron chi connectivity index (χ3n) is 7.04. The van der Waals surface area contributed by atoms with Crippen LogP contribution in [0.5, 0.6) is 5.75 Å². The fourth-order valence-corrected chi connectivity index (χ4v) is 5.62. The molecule has 2 aromatic heterocycles. The minimum absolute atomic E-state index is 0.133. The van der Waals surface area contributed by atoms with Crippen LogP contribution in [-0.2, 0) is 6.54 Å². The molecule has 6 heteroatoms. The van der Waals surface area contributed by atoms with E-state index in [1.807, 2.05) is 54.6 Å². The van der Waals surface area contributed by atoms with Crippen LogP contribution in [0.15, 0.2) is 102 Å². The van der Waals surface area contributed by atoms with Gasteiger partial charge in [-0.15, -0.1) is 0 Å². The van der Waals surface area contributed by atoms with Crippen LogP contribution >= 0.6 is 22.6 Å². The molecule has 39 heavy (non-hydrogen) atoms. The van der Waals surface area contributed by atoms with E-state index in [9.17, 15) is 4.79 Å². The van der Waals surface area contributed by atoms with Crippen molar-refractivity contribution in [1.82, 2.24) is 14.1 Å². The van der Waals surface area contributed by atoms with Gasteiger partial charge in [0.2, 0.25) is 0 Å². The van der Waals surface area contributed by atoms with Crippen LogP contribution in [0.25, 0.3) is 39.6 Å². The first-order valence-corrected chi connectivity index (χ1v) is 13.8.